The van der Waals surface area contributed by atoms with E-state index >= 15 is 0 Å². The Morgan fingerprint density at radius 2 is 1.56 bits per heavy atom. The smallest absolute Gasteiger partial charge is 0.315 e. The van der Waals surface area contributed by atoms with E-state index in [1.165, 1.54) is 5.56 Å². The third-order valence-electron chi connectivity index (χ3n) is 4.30. The van der Waals surface area contributed by atoms with Crippen LogP contribution in [0.1, 0.15) is 27.0 Å². The van der Waals surface area contributed by atoms with Crippen LogP contribution in [-0.2, 0) is 11.2 Å². The number of amides is 1. The summed E-state index contributed by atoms with van der Waals surface area (Å²) in [5.74, 6) is -0.0593. The van der Waals surface area contributed by atoms with Gasteiger partial charge >= 0.3 is 5.97 Å². The summed E-state index contributed by atoms with van der Waals surface area (Å²) in [6, 6.07) is 21.7. The molecule has 0 saturated heterocycles. The number of aryl methyl sites for hydroxylation is 2. The number of hydrogen-bond acceptors (Lipinski definition) is 3. The highest BCUT2D eigenvalue weighted by Crippen LogP contribution is 2.18. The maximum atomic E-state index is 12.1. The van der Waals surface area contributed by atoms with E-state index in [4.69, 9.17) is 4.74 Å². The molecule has 0 aliphatic carbocycles. The van der Waals surface area contributed by atoms with Crippen molar-refractivity contribution in [3.63, 3.8) is 0 Å². The van der Waals surface area contributed by atoms with Crippen LogP contribution in [0.4, 0.5) is 5.69 Å². The fraction of sp³-hybridized carbons (Fsp3) is 0.130. The highest BCUT2D eigenvalue weighted by Gasteiger charge is 2.09. The number of nitrogens with one attached hydrogen (secondary N) is 1. The van der Waals surface area contributed by atoms with Crippen molar-refractivity contribution >= 4 is 17.6 Å². The van der Waals surface area contributed by atoms with Crippen LogP contribution in [0.2, 0.25) is 0 Å². The second-order valence-electron chi connectivity index (χ2n) is 6.41. The average molecular weight is 359 g/mol. The van der Waals surface area contributed by atoms with Gasteiger partial charge in [0.1, 0.15) is 5.75 Å². The molecule has 0 radical (unpaired) electrons. The molecule has 136 valence electrons. The summed E-state index contributed by atoms with van der Waals surface area (Å²) in [6.45, 7) is 4.06. The van der Waals surface area contributed by atoms with E-state index in [2.05, 4.69) is 5.32 Å². The van der Waals surface area contributed by atoms with Crippen LogP contribution in [0.25, 0.3) is 0 Å². The van der Waals surface area contributed by atoms with Crippen molar-refractivity contribution in [2.45, 2.75) is 20.3 Å². The number of ether oxygens (including phenoxy) is 1. The zero-order chi connectivity index (χ0) is 19.2. The second kappa shape index (κ2) is 8.32. The number of benzene rings is 3. The summed E-state index contributed by atoms with van der Waals surface area (Å²) < 4.78 is 5.38. The van der Waals surface area contributed by atoms with Crippen molar-refractivity contribution in [3.8, 4) is 5.75 Å². The standard InChI is InChI=1S/C23H21NO3/c1-16-8-9-18(14-17(16)2)15-22(25)27-21-12-10-20(11-13-21)24-23(26)19-6-4-3-5-7-19/h3-14H,15H2,1-2H3,(H,24,26). The van der Waals surface area contributed by atoms with Gasteiger partial charge in [-0.15, -0.1) is 0 Å². The van der Waals surface area contributed by atoms with Crippen molar-refractivity contribution in [3.05, 3.63) is 95.1 Å². The Morgan fingerprint density at radius 1 is 0.852 bits per heavy atom. The number of carbonyl (C=O) groups excluding carboxylic acids is 2. The molecular formula is C23H21NO3. The first-order valence-corrected chi connectivity index (χ1v) is 8.74. The summed E-state index contributed by atoms with van der Waals surface area (Å²) >= 11 is 0. The number of carbonyl (C=O) groups is 2. The number of hydrogen-bond donors (Lipinski definition) is 1. The molecule has 0 saturated carbocycles. The maximum absolute atomic E-state index is 12.1. The summed E-state index contributed by atoms with van der Waals surface area (Å²) in [6.07, 6.45) is 0.216. The lowest BCUT2D eigenvalue weighted by Crippen LogP contribution is -2.12. The van der Waals surface area contributed by atoms with E-state index in [-0.39, 0.29) is 18.3 Å². The summed E-state index contributed by atoms with van der Waals surface area (Å²) in [4.78, 5) is 24.3. The molecule has 3 rings (SSSR count). The molecule has 0 aromatic heterocycles. The molecule has 0 fully saturated rings. The number of rotatable bonds is 5. The van der Waals surface area contributed by atoms with Gasteiger partial charge in [0, 0.05) is 11.3 Å². The van der Waals surface area contributed by atoms with Crippen LogP contribution in [0.3, 0.4) is 0 Å². The Morgan fingerprint density at radius 3 is 2.22 bits per heavy atom. The van der Waals surface area contributed by atoms with E-state index in [1.54, 1.807) is 36.4 Å². The minimum absolute atomic E-state index is 0.185. The molecule has 1 amide bonds. The normalized spacial score (nSPS) is 10.3. The number of esters is 1. The fourth-order valence-corrected chi connectivity index (χ4v) is 2.65. The Balaban J connectivity index is 1.57. The SMILES string of the molecule is Cc1ccc(CC(=O)Oc2ccc(NC(=O)c3ccccc3)cc2)cc1C. The Hall–Kier alpha value is -3.40. The van der Waals surface area contributed by atoms with Crippen LogP contribution in [0.15, 0.2) is 72.8 Å². The van der Waals surface area contributed by atoms with Gasteiger partial charge in [-0.05, 0) is 66.9 Å². The van der Waals surface area contributed by atoms with E-state index in [0.717, 1.165) is 11.1 Å². The van der Waals surface area contributed by atoms with Crippen LogP contribution < -0.4 is 10.1 Å². The first-order chi connectivity index (χ1) is 13.0. The molecule has 0 aliphatic rings. The fourth-order valence-electron chi connectivity index (χ4n) is 2.65. The van der Waals surface area contributed by atoms with Gasteiger partial charge in [-0.25, -0.2) is 0 Å². The van der Waals surface area contributed by atoms with Crippen LogP contribution >= 0.6 is 0 Å². The predicted octanol–water partition coefficient (Wildman–Crippen LogP) is 4.70. The van der Waals surface area contributed by atoms with Gasteiger partial charge in [-0.3, -0.25) is 9.59 Å². The van der Waals surface area contributed by atoms with Crippen molar-refractivity contribution in [2.24, 2.45) is 0 Å². The van der Waals surface area contributed by atoms with Gasteiger partial charge in [0.05, 0.1) is 6.42 Å². The molecule has 0 aliphatic heterocycles. The molecule has 3 aromatic carbocycles. The molecule has 0 atom stereocenters. The molecule has 3 aromatic rings. The van der Waals surface area contributed by atoms with Crippen LogP contribution in [0.5, 0.6) is 5.75 Å². The van der Waals surface area contributed by atoms with E-state index in [0.29, 0.717) is 17.0 Å². The monoisotopic (exact) mass is 359 g/mol. The van der Waals surface area contributed by atoms with Crippen LogP contribution in [-0.4, -0.2) is 11.9 Å². The zero-order valence-corrected chi connectivity index (χ0v) is 15.4. The topological polar surface area (TPSA) is 55.4 Å². The van der Waals surface area contributed by atoms with Crippen molar-refractivity contribution < 1.29 is 14.3 Å². The third-order valence-corrected chi connectivity index (χ3v) is 4.30. The lowest BCUT2D eigenvalue weighted by molar-refractivity contribution is -0.133. The van der Waals surface area contributed by atoms with Gasteiger partial charge in [0.15, 0.2) is 0 Å². The molecule has 0 bridgehead atoms. The highest BCUT2D eigenvalue weighted by molar-refractivity contribution is 6.04. The highest BCUT2D eigenvalue weighted by atomic mass is 16.5. The number of anilines is 1. The Bertz CT molecular complexity index is 947. The summed E-state index contributed by atoms with van der Waals surface area (Å²) in [7, 11) is 0. The first-order valence-electron chi connectivity index (χ1n) is 8.74. The van der Waals surface area contributed by atoms with E-state index in [1.807, 2.05) is 50.2 Å². The molecular weight excluding hydrogens is 338 g/mol. The zero-order valence-electron chi connectivity index (χ0n) is 15.4. The van der Waals surface area contributed by atoms with Crippen molar-refractivity contribution in [1.29, 1.82) is 0 Å². The Labute approximate surface area is 158 Å². The summed E-state index contributed by atoms with van der Waals surface area (Å²) in [5.41, 5.74) is 4.49. The van der Waals surface area contributed by atoms with Gasteiger partial charge < -0.3 is 10.1 Å². The first kappa shape index (κ1) is 18.4. The van der Waals surface area contributed by atoms with Crippen molar-refractivity contribution in [1.82, 2.24) is 0 Å². The van der Waals surface area contributed by atoms with Gasteiger partial charge in [-0.2, -0.15) is 0 Å². The summed E-state index contributed by atoms with van der Waals surface area (Å²) in [5, 5.41) is 2.81. The third kappa shape index (κ3) is 5.05. The Kier molecular flexibility index (Phi) is 5.67. The lowest BCUT2D eigenvalue weighted by Gasteiger charge is -2.08. The predicted molar refractivity (Wildman–Crippen MR) is 106 cm³/mol. The van der Waals surface area contributed by atoms with Crippen LogP contribution in [0, 0.1) is 13.8 Å². The quantitative estimate of drug-likeness (QED) is 0.530. The average Bonchev–Trinajstić information content (AvgIpc) is 2.67. The molecule has 0 unspecified atom stereocenters. The molecule has 4 heteroatoms. The molecule has 0 heterocycles. The van der Waals surface area contributed by atoms with Crippen molar-refractivity contribution in [2.75, 3.05) is 5.32 Å². The molecule has 1 N–H and O–H groups in total. The van der Waals surface area contributed by atoms with E-state index < -0.39 is 0 Å². The second-order valence-corrected chi connectivity index (χ2v) is 6.41. The largest absolute Gasteiger partial charge is 0.426 e. The van der Waals surface area contributed by atoms with E-state index in [9.17, 15) is 9.59 Å². The molecule has 27 heavy (non-hydrogen) atoms. The molecule has 4 nitrogen and oxygen atoms in total. The van der Waals surface area contributed by atoms with Gasteiger partial charge in [-0.1, -0.05) is 36.4 Å². The maximum Gasteiger partial charge on any atom is 0.315 e. The lowest BCUT2D eigenvalue weighted by atomic mass is 10.0. The minimum Gasteiger partial charge on any atom is -0.426 e. The molecule has 0 spiro atoms. The minimum atomic E-state index is -0.320. The van der Waals surface area contributed by atoms with Gasteiger partial charge in [0.2, 0.25) is 0 Å². The van der Waals surface area contributed by atoms with Gasteiger partial charge in [0.25, 0.3) is 5.91 Å².